The lowest BCUT2D eigenvalue weighted by Gasteiger charge is -2.22. The number of fused-ring (bicyclic) bond motifs is 1. The summed E-state index contributed by atoms with van der Waals surface area (Å²) in [4.78, 5) is 34.7. The van der Waals surface area contributed by atoms with Crippen molar-refractivity contribution in [2.45, 2.75) is 26.8 Å². The van der Waals surface area contributed by atoms with Crippen LogP contribution in [-0.4, -0.2) is 24.5 Å². The van der Waals surface area contributed by atoms with E-state index in [1.54, 1.807) is 38.4 Å². The highest BCUT2D eigenvalue weighted by Gasteiger charge is 2.20. The zero-order valence-electron chi connectivity index (χ0n) is 20.4. The summed E-state index contributed by atoms with van der Waals surface area (Å²) >= 11 is 0. The number of hydrogen-bond acceptors (Lipinski definition) is 6. The maximum absolute atomic E-state index is 14.3. The van der Waals surface area contributed by atoms with Crippen LogP contribution >= 0.6 is 0 Å². The molecule has 8 nitrogen and oxygen atoms in total. The maximum atomic E-state index is 14.3. The van der Waals surface area contributed by atoms with Crippen LogP contribution in [0.2, 0.25) is 0 Å². The molecule has 0 fully saturated rings. The highest BCUT2D eigenvalue weighted by molar-refractivity contribution is 5.96. The van der Waals surface area contributed by atoms with E-state index in [-0.39, 0.29) is 11.2 Å². The summed E-state index contributed by atoms with van der Waals surface area (Å²) in [7, 11) is 0. The van der Waals surface area contributed by atoms with Gasteiger partial charge in [0.2, 0.25) is 5.69 Å². The molecule has 0 saturated carbocycles. The Morgan fingerprint density at radius 1 is 1.00 bits per heavy atom. The minimum atomic E-state index is -0.471. The molecule has 182 valence electrons. The van der Waals surface area contributed by atoms with E-state index in [1.807, 2.05) is 31.2 Å². The third-order valence-electron chi connectivity index (χ3n) is 6.04. The monoisotopic (exact) mass is 491 g/mol. The molecule has 0 radical (unpaired) electrons. The van der Waals surface area contributed by atoms with Crippen molar-refractivity contribution in [2.24, 2.45) is 0 Å². The molecular formula is C28H22FN7O. The van der Waals surface area contributed by atoms with Crippen LogP contribution < -0.4 is 10.9 Å². The van der Waals surface area contributed by atoms with E-state index in [0.717, 1.165) is 0 Å². The highest BCUT2D eigenvalue weighted by Crippen LogP contribution is 2.31. The Balaban J connectivity index is 1.76. The smallest absolute Gasteiger partial charge is 0.263 e. The molecule has 0 amide bonds. The van der Waals surface area contributed by atoms with E-state index in [9.17, 15) is 9.18 Å². The minimum Gasteiger partial charge on any atom is -0.371 e. The van der Waals surface area contributed by atoms with Gasteiger partial charge in [-0.05, 0) is 56.0 Å². The minimum absolute atomic E-state index is 0.263. The van der Waals surface area contributed by atoms with Crippen molar-refractivity contribution in [3.63, 3.8) is 0 Å². The molecule has 3 aromatic heterocycles. The first-order valence-electron chi connectivity index (χ1n) is 11.6. The molecule has 0 aliphatic carbocycles. The van der Waals surface area contributed by atoms with E-state index in [1.165, 1.54) is 22.9 Å². The van der Waals surface area contributed by atoms with Gasteiger partial charge in [-0.15, -0.1) is 0 Å². The van der Waals surface area contributed by atoms with E-state index >= 15 is 0 Å². The van der Waals surface area contributed by atoms with Gasteiger partial charge in [0.05, 0.1) is 23.7 Å². The molecule has 5 aromatic rings. The van der Waals surface area contributed by atoms with Gasteiger partial charge in [0.15, 0.2) is 0 Å². The summed E-state index contributed by atoms with van der Waals surface area (Å²) in [6.45, 7) is 12.9. The van der Waals surface area contributed by atoms with Gasteiger partial charge in [-0.3, -0.25) is 14.3 Å². The second kappa shape index (κ2) is 9.59. The summed E-state index contributed by atoms with van der Waals surface area (Å²) in [6, 6.07) is 12.9. The first kappa shape index (κ1) is 23.8. The number of aryl methyl sites for hydroxylation is 2. The number of anilines is 1. The number of benzene rings is 2. The summed E-state index contributed by atoms with van der Waals surface area (Å²) in [5, 5.41) is 4.43. The average molecular weight is 492 g/mol. The Morgan fingerprint density at radius 3 is 2.46 bits per heavy atom. The first-order chi connectivity index (χ1) is 17.9. The first-order valence-corrected chi connectivity index (χ1v) is 11.6. The van der Waals surface area contributed by atoms with Gasteiger partial charge in [0.1, 0.15) is 23.3 Å². The summed E-state index contributed by atoms with van der Waals surface area (Å²) in [5.74, 6) is 1.03. The van der Waals surface area contributed by atoms with Crippen molar-refractivity contribution in [2.75, 3.05) is 5.32 Å². The SMILES string of the molecule is [C-]#[N+]c1cnc(C)nc1N[C@@H](C)c1cc2cccc(-c3cnc(C)nc3)c2c(=O)n1-c1cccc(F)c1. The molecule has 0 bridgehead atoms. The van der Waals surface area contributed by atoms with Gasteiger partial charge >= 0.3 is 0 Å². The predicted molar refractivity (Wildman–Crippen MR) is 140 cm³/mol. The van der Waals surface area contributed by atoms with Crippen LogP contribution in [0.15, 0.2) is 71.9 Å². The zero-order valence-corrected chi connectivity index (χ0v) is 20.4. The second-order valence-corrected chi connectivity index (χ2v) is 8.61. The highest BCUT2D eigenvalue weighted by atomic mass is 19.1. The fraction of sp³-hybridized carbons (Fsp3) is 0.143. The Morgan fingerprint density at radius 2 is 1.73 bits per heavy atom. The number of hydrogen-bond donors (Lipinski definition) is 1. The molecular weight excluding hydrogens is 469 g/mol. The second-order valence-electron chi connectivity index (χ2n) is 8.61. The molecule has 2 aromatic carbocycles. The van der Waals surface area contributed by atoms with Crippen LogP contribution in [0.3, 0.4) is 0 Å². The van der Waals surface area contributed by atoms with Crippen LogP contribution in [0.1, 0.15) is 30.3 Å². The largest absolute Gasteiger partial charge is 0.371 e. The maximum Gasteiger partial charge on any atom is 0.263 e. The van der Waals surface area contributed by atoms with Gasteiger partial charge in [0.25, 0.3) is 5.56 Å². The normalized spacial score (nSPS) is 11.8. The van der Waals surface area contributed by atoms with E-state index in [4.69, 9.17) is 6.57 Å². The lowest BCUT2D eigenvalue weighted by Crippen LogP contribution is -2.26. The van der Waals surface area contributed by atoms with Crippen molar-refractivity contribution in [3.05, 3.63) is 112 Å². The zero-order chi connectivity index (χ0) is 26.1. The standard InChI is InChI=1S/C28H22FN7O/c1-16(34-27-24(30-4)15-33-18(3)35-27)25-11-19-7-5-10-23(20-13-31-17(2)32-14-20)26(19)28(37)36(25)22-9-6-8-21(29)12-22/h5-16H,1-3H3,(H,33,34,35)/t16-/m0/s1. The van der Waals surface area contributed by atoms with Crippen LogP contribution in [0.4, 0.5) is 15.9 Å². The number of pyridine rings is 1. The number of halogens is 1. The number of nitrogens with zero attached hydrogens (tertiary/aromatic N) is 6. The summed E-state index contributed by atoms with van der Waals surface area (Å²) in [5.41, 5.74) is 2.30. The van der Waals surface area contributed by atoms with Gasteiger partial charge in [-0.2, -0.15) is 0 Å². The number of aromatic nitrogens is 5. The van der Waals surface area contributed by atoms with Crippen molar-refractivity contribution in [1.29, 1.82) is 0 Å². The fourth-order valence-electron chi connectivity index (χ4n) is 4.29. The molecule has 37 heavy (non-hydrogen) atoms. The number of rotatable bonds is 5. The van der Waals surface area contributed by atoms with Crippen LogP contribution in [-0.2, 0) is 0 Å². The topological polar surface area (TPSA) is 90.0 Å². The fourth-order valence-corrected chi connectivity index (χ4v) is 4.29. The Hall–Kier alpha value is -4.97. The molecule has 1 atom stereocenters. The molecule has 3 heterocycles. The Bertz CT molecular complexity index is 1740. The quantitative estimate of drug-likeness (QED) is 0.317. The van der Waals surface area contributed by atoms with E-state index < -0.39 is 11.9 Å². The molecule has 5 rings (SSSR count). The van der Waals surface area contributed by atoms with Crippen molar-refractivity contribution >= 4 is 22.3 Å². The average Bonchev–Trinajstić information content (AvgIpc) is 2.89. The summed E-state index contributed by atoms with van der Waals surface area (Å²) < 4.78 is 15.8. The molecule has 0 saturated heterocycles. The lowest BCUT2D eigenvalue weighted by molar-refractivity contribution is 0.625. The van der Waals surface area contributed by atoms with Crippen molar-refractivity contribution in [3.8, 4) is 16.8 Å². The molecule has 0 aliphatic heterocycles. The Kier molecular flexibility index (Phi) is 6.15. The van der Waals surface area contributed by atoms with Gasteiger partial charge in [-0.25, -0.2) is 24.2 Å². The Labute approximate surface area is 212 Å². The van der Waals surface area contributed by atoms with Crippen LogP contribution in [0.5, 0.6) is 0 Å². The lowest BCUT2D eigenvalue weighted by atomic mass is 9.99. The third kappa shape index (κ3) is 4.52. The summed E-state index contributed by atoms with van der Waals surface area (Å²) in [6.07, 6.45) is 4.83. The third-order valence-corrected chi connectivity index (χ3v) is 6.04. The van der Waals surface area contributed by atoms with E-state index in [0.29, 0.717) is 50.7 Å². The van der Waals surface area contributed by atoms with Gasteiger partial charge < -0.3 is 5.32 Å². The molecule has 1 N–H and O–H groups in total. The molecule has 0 aliphatic rings. The van der Waals surface area contributed by atoms with Gasteiger partial charge in [-0.1, -0.05) is 24.3 Å². The molecule has 9 heteroatoms. The molecule has 0 unspecified atom stereocenters. The predicted octanol–water partition coefficient (Wildman–Crippen LogP) is 5.72. The van der Waals surface area contributed by atoms with Crippen LogP contribution in [0, 0.1) is 26.2 Å². The van der Waals surface area contributed by atoms with E-state index in [2.05, 4.69) is 30.1 Å². The van der Waals surface area contributed by atoms with Crippen LogP contribution in [0.25, 0.3) is 32.4 Å². The number of nitrogens with one attached hydrogen (secondary N) is 1. The van der Waals surface area contributed by atoms with Crippen molar-refractivity contribution < 1.29 is 4.39 Å². The van der Waals surface area contributed by atoms with Crippen molar-refractivity contribution in [1.82, 2.24) is 24.5 Å². The molecule has 0 spiro atoms. The van der Waals surface area contributed by atoms with Gasteiger partial charge in [0, 0.05) is 29.8 Å².